The minimum atomic E-state index is -0.165. The standard InChI is InChI=1S/C16H21N7O3/c1-25-9-13-7-23(8-14(13)10-26-2)16(24)12-3-11(6-19-21-17)4-15(5-12)20-22-18/h3-5,13-14H,6-10H2,1-2H3/t13-,14-/m0/s1. The van der Waals surface area contributed by atoms with Crippen LogP contribution in [0.15, 0.2) is 28.4 Å². The highest BCUT2D eigenvalue weighted by molar-refractivity contribution is 5.95. The first kappa shape index (κ1) is 19.6. The first-order valence-electron chi connectivity index (χ1n) is 8.10. The van der Waals surface area contributed by atoms with Crippen molar-refractivity contribution in [2.24, 2.45) is 22.1 Å². The molecule has 1 amide bonds. The number of carbonyl (C=O) groups excluding carboxylic acids is 1. The van der Waals surface area contributed by atoms with Gasteiger partial charge in [0.05, 0.1) is 19.8 Å². The molecule has 0 N–H and O–H groups in total. The summed E-state index contributed by atoms with van der Waals surface area (Å²) in [7, 11) is 3.28. The molecule has 2 rings (SSSR count). The number of likely N-dealkylation sites (tertiary alicyclic amines) is 1. The molecule has 10 nitrogen and oxygen atoms in total. The number of benzene rings is 1. The average molecular weight is 359 g/mol. The Bertz CT molecular complexity index is 727. The van der Waals surface area contributed by atoms with E-state index in [0.717, 1.165) is 0 Å². The van der Waals surface area contributed by atoms with E-state index >= 15 is 0 Å². The molecular weight excluding hydrogens is 338 g/mol. The summed E-state index contributed by atoms with van der Waals surface area (Å²) >= 11 is 0. The summed E-state index contributed by atoms with van der Waals surface area (Å²) in [6.07, 6.45) is 0. The molecular formula is C16H21N7O3. The number of hydrogen-bond acceptors (Lipinski definition) is 5. The molecule has 0 saturated carbocycles. The second kappa shape index (κ2) is 9.65. The molecule has 1 aromatic carbocycles. The van der Waals surface area contributed by atoms with E-state index in [2.05, 4.69) is 20.1 Å². The monoisotopic (exact) mass is 359 g/mol. The third kappa shape index (κ3) is 4.87. The lowest BCUT2D eigenvalue weighted by Gasteiger charge is -2.17. The van der Waals surface area contributed by atoms with Crippen molar-refractivity contribution in [3.8, 4) is 0 Å². The molecule has 0 unspecified atom stereocenters. The number of rotatable bonds is 8. The van der Waals surface area contributed by atoms with E-state index in [-0.39, 0.29) is 24.3 Å². The fraction of sp³-hybridized carbons (Fsp3) is 0.562. The highest BCUT2D eigenvalue weighted by Crippen LogP contribution is 2.27. The molecule has 1 aliphatic heterocycles. The Morgan fingerprint density at radius 3 is 2.35 bits per heavy atom. The van der Waals surface area contributed by atoms with Crippen LogP contribution in [0.1, 0.15) is 15.9 Å². The summed E-state index contributed by atoms with van der Waals surface area (Å²) in [4.78, 5) is 20.2. The topological polar surface area (TPSA) is 136 Å². The van der Waals surface area contributed by atoms with Gasteiger partial charge in [0.15, 0.2) is 0 Å². The summed E-state index contributed by atoms with van der Waals surface area (Å²) in [6, 6.07) is 4.79. The second-order valence-electron chi connectivity index (χ2n) is 6.11. The lowest BCUT2D eigenvalue weighted by molar-refractivity contribution is 0.0773. The smallest absolute Gasteiger partial charge is 0.253 e. The Balaban J connectivity index is 2.26. The lowest BCUT2D eigenvalue weighted by Crippen LogP contribution is -2.29. The van der Waals surface area contributed by atoms with Crippen LogP contribution in [0, 0.1) is 11.8 Å². The quantitative estimate of drug-likeness (QED) is 0.399. The van der Waals surface area contributed by atoms with Crippen LogP contribution in [0.25, 0.3) is 20.9 Å². The van der Waals surface area contributed by atoms with Crippen molar-refractivity contribution in [3.05, 3.63) is 50.2 Å². The van der Waals surface area contributed by atoms with E-state index in [0.29, 0.717) is 43.1 Å². The van der Waals surface area contributed by atoms with Crippen LogP contribution in [0.3, 0.4) is 0 Å². The number of amides is 1. The van der Waals surface area contributed by atoms with E-state index in [9.17, 15) is 4.79 Å². The van der Waals surface area contributed by atoms with Crippen LogP contribution < -0.4 is 0 Å². The van der Waals surface area contributed by atoms with Gasteiger partial charge in [-0.05, 0) is 34.8 Å². The van der Waals surface area contributed by atoms with Crippen molar-refractivity contribution < 1.29 is 14.3 Å². The highest BCUT2D eigenvalue weighted by Gasteiger charge is 2.35. The zero-order valence-corrected chi connectivity index (χ0v) is 14.8. The zero-order chi connectivity index (χ0) is 18.9. The Hall–Kier alpha value is -2.77. The number of nitrogens with zero attached hydrogens (tertiary/aromatic N) is 7. The maximum absolute atomic E-state index is 12.9. The van der Waals surface area contributed by atoms with Crippen LogP contribution in [0.4, 0.5) is 5.69 Å². The van der Waals surface area contributed by atoms with Crippen LogP contribution in [-0.2, 0) is 16.0 Å². The number of hydrogen-bond donors (Lipinski definition) is 0. The minimum Gasteiger partial charge on any atom is -0.384 e. The summed E-state index contributed by atoms with van der Waals surface area (Å²) in [5.41, 5.74) is 18.5. The van der Waals surface area contributed by atoms with Crippen LogP contribution in [0.2, 0.25) is 0 Å². The van der Waals surface area contributed by atoms with Gasteiger partial charge in [-0.2, -0.15) is 0 Å². The van der Waals surface area contributed by atoms with Gasteiger partial charge in [-0.1, -0.05) is 10.2 Å². The normalized spacial score (nSPS) is 18.9. The number of ether oxygens (including phenoxy) is 2. The van der Waals surface area contributed by atoms with Gasteiger partial charge >= 0.3 is 0 Å². The van der Waals surface area contributed by atoms with Gasteiger partial charge in [0, 0.05) is 60.2 Å². The fourth-order valence-electron chi connectivity index (χ4n) is 3.20. The molecule has 0 bridgehead atoms. The van der Waals surface area contributed by atoms with Gasteiger partial charge in [-0.25, -0.2) is 0 Å². The number of carbonyl (C=O) groups is 1. The third-order valence-corrected chi connectivity index (χ3v) is 4.33. The van der Waals surface area contributed by atoms with E-state index in [1.807, 2.05) is 0 Å². The number of azide groups is 2. The summed E-state index contributed by atoms with van der Waals surface area (Å²) < 4.78 is 10.5. The van der Waals surface area contributed by atoms with Gasteiger partial charge in [-0.15, -0.1) is 0 Å². The van der Waals surface area contributed by atoms with E-state index in [1.54, 1.807) is 31.3 Å². The maximum Gasteiger partial charge on any atom is 0.253 e. The molecule has 138 valence electrons. The molecule has 1 fully saturated rings. The molecule has 0 aromatic heterocycles. The van der Waals surface area contributed by atoms with Crippen molar-refractivity contribution in [1.29, 1.82) is 0 Å². The maximum atomic E-state index is 12.9. The minimum absolute atomic E-state index is 0.0736. The molecule has 10 heteroatoms. The molecule has 0 radical (unpaired) electrons. The fourth-order valence-corrected chi connectivity index (χ4v) is 3.20. The van der Waals surface area contributed by atoms with Gasteiger partial charge in [-0.3, -0.25) is 4.79 Å². The molecule has 1 aliphatic rings. The van der Waals surface area contributed by atoms with E-state index in [4.69, 9.17) is 20.5 Å². The van der Waals surface area contributed by atoms with Crippen molar-refractivity contribution in [1.82, 2.24) is 4.90 Å². The largest absolute Gasteiger partial charge is 0.384 e. The molecule has 1 heterocycles. The first-order chi connectivity index (χ1) is 12.6. The molecule has 1 aromatic rings. The van der Waals surface area contributed by atoms with Crippen molar-refractivity contribution in [2.45, 2.75) is 6.54 Å². The third-order valence-electron chi connectivity index (χ3n) is 4.33. The predicted molar refractivity (Wildman–Crippen MR) is 94.7 cm³/mol. The Labute approximate surface area is 150 Å². The molecule has 26 heavy (non-hydrogen) atoms. The molecule has 0 spiro atoms. The highest BCUT2D eigenvalue weighted by atomic mass is 16.5. The van der Waals surface area contributed by atoms with Crippen molar-refractivity contribution >= 4 is 11.6 Å². The zero-order valence-electron chi connectivity index (χ0n) is 14.8. The van der Waals surface area contributed by atoms with Gasteiger partial charge in [0.25, 0.3) is 5.91 Å². The van der Waals surface area contributed by atoms with Gasteiger partial charge in [0.2, 0.25) is 0 Å². The van der Waals surface area contributed by atoms with Crippen LogP contribution >= 0.6 is 0 Å². The van der Waals surface area contributed by atoms with Crippen LogP contribution in [0.5, 0.6) is 0 Å². The van der Waals surface area contributed by atoms with Crippen molar-refractivity contribution in [3.63, 3.8) is 0 Å². The first-order valence-corrected chi connectivity index (χ1v) is 8.10. The van der Waals surface area contributed by atoms with Crippen LogP contribution in [-0.4, -0.2) is 51.3 Å². The molecule has 1 saturated heterocycles. The van der Waals surface area contributed by atoms with Gasteiger partial charge in [0.1, 0.15) is 0 Å². The second-order valence-corrected chi connectivity index (χ2v) is 6.11. The predicted octanol–water partition coefficient (Wildman–Crippen LogP) is 3.42. The number of methoxy groups -OCH3 is 2. The van der Waals surface area contributed by atoms with E-state index in [1.165, 1.54) is 6.07 Å². The lowest BCUT2D eigenvalue weighted by atomic mass is 9.98. The summed E-state index contributed by atoms with van der Waals surface area (Å²) in [5, 5.41) is 7.07. The van der Waals surface area contributed by atoms with Crippen molar-refractivity contribution in [2.75, 3.05) is 40.5 Å². The Kier molecular flexibility index (Phi) is 7.25. The average Bonchev–Trinajstić information content (AvgIpc) is 3.03. The summed E-state index contributed by atoms with van der Waals surface area (Å²) in [6.45, 7) is 2.32. The molecule has 2 atom stereocenters. The Morgan fingerprint density at radius 2 is 1.81 bits per heavy atom. The van der Waals surface area contributed by atoms with E-state index < -0.39 is 0 Å². The Morgan fingerprint density at radius 1 is 1.15 bits per heavy atom. The van der Waals surface area contributed by atoms with Gasteiger partial charge < -0.3 is 14.4 Å². The summed E-state index contributed by atoms with van der Waals surface area (Å²) in [5.74, 6) is 0.237. The molecule has 0 aliphatic carbocycles. The SMILES string of the molecule is COC[C@@H]1CN(C(=O)c2cc(CN=[N+]=[N-])cc(N=[N+]=[N-])c2)C[C@H]1COC.